The summed E-state index contributed by atoms with van der Waals surface area (Å²) >= 11 is 0. The van der Waals surface area contributed by atoms with Gasteiger partial charge in [-0.3, -0.25) is 10.4 Å². The van der Waals surface area contributed by atoms with E-state index >= 15 is 0 Å². The Morgan fingerprint density at radius 2 is 2.16 bits per heavy atom. The first-order valence-corrected chi connectivity index (χ1v) is 5.06. The highest BCUT2D eigenvalue weighted by atomic mass is 19.1. The summed E-state index contributed by atoms with van der Waals surface area (Å²) in [5, 5.41) is 19.1. The van der Waals surface area contributed by atoms with Crippen LogP contribution in [0.4, 0.5) is 25.1 Å². The number of amides is 2. The standard InChI is InChI=1S/C11H7F2N5O/c12-7-1-2-9(8(13)3-7)16-11(19)17-10-6(4-14)5-15-18-10/h1-3,5H,(H3,15,16,17,18,19). The quantitative estimate of drug-likeness (QED) is 0.775. The van der Waals surface area contributed by atoms with Crippen LogP contribution in [0.2, 0.25) is 0 Å². The Morgan fingerprint density at radius 1 is 1.37 bits per heavy atom. The molecule has 19 heavy (non-hydrogen) atoms. The van der Waals surface area contributed by atoms with E-state index in [0.29, 0.717) is 6.07 Å². The van der Waals surface area contributed by atoms with E-state index < -0.39 is 17.7 Å². The molecule has 2 rings (SSSR count). The van der Waals surface area contributed by atoms with Crippen LogP contribution in [0, 0.1) is 23.0 Å². The van der Waals surface area contributed by atoms with Crippen molar-refractivity contribution < 1.29 is 13.6 Å². The third-order valence-corrected chi connectivity index (χ3v) is 2.18. The minimum Gasteiger partial charge on any atom is -0.305 e. The Kier molecular flexibility index (Phi) is 3.38. The molecule has 0 aliphatic rings. The second-order valence-corrected chi connectivity index (χ2v) is 3.47. The lowest BCUT2D eigenvalue weighted by atomic mass is 10.3. The van der Waals surface area contributed by atoms with Crippen molar-refractivity contribution in [1.29, 1.82) is 5.26 Å². The van der Waals surface area contributed by atoms with Gasteiger partial charge < -0.3 is 5.32 Å². The summed E-state index contributed by atoms with van der Waals surface area (Å²) in [6, 6.07) is 3.76. The van der Waals surface area contributed by atoms with Gasteiger partial charge in [0.2, 0.25) is 0 Å². The zero-order valence-electron chi connectivity index (χ0n) is 9.37. The fourth-order valence-electron chi connectivity index (χ4n) is 1.32. The third kappa shape index (κ3) is 2.84. The van der Waals surface area contributed by atoms with Crippen molar-refractivity contribution >= 4 is 17.5 Å². The smallest absolute Gasteiger partial charge is 0.305 e. The van der Waals surface area contributed by atoms with Crippen molar-refractivity contribution in [3.05, 3.63) is 41.6 Å². The molecule has 0 saturated carbocycles. The molecule has 0 aliphatic carbocycles. The van der Waals surface area contributed by atoms with Crippen LogP contribution in [0.1, 0.15) is 5.56 Å². The maximum Gasteiger partial charge on any atom is 0.324 e. The highest BCUT2D eigenvalue weighted by Crippen LogP contribution is 2.16. The number of anilines is 2. The highest BCUT2D eigenvalue weighted by molar-refractivity contribution is 5.99. The first kappa shape index (κ1) is 12.5. The van der Waals surface area contributed by atoms with Crippen LogP contribution >= 0.6 is 0 Å². The largest absolute Gasteiger partial charge is 0.324 e. The summed E-state index contributed by atoms with van der Waals surface area (Å²) in [5.41, 5.74) is -0.0494. The molecule has 0 bridgehead atoms. The van der Waals surface area contributed by atoms with E-state index in [1.165, 1.54) is 6.20 Å². The van der Waals surface area contributed by atoms with Crippen molar-refractivity contribution in [2.45, 2.75) is 0 Å². The summed E-state index contributed by atoms with van der Waals surface area (Å²) in [7, 11) is 0. The molecule has 1 heterocycles. The number of nitriles is 1. The molecule has 2 aromatic rings. The molecule has 6 nitrogen and oxygen atoms in total. The molecular weight excluding hydrogens is 256 g/mol. The average molecular weight is 263 g/mol. The van der Waals surface area contributed by atoms with E-state index in [9.17, 15) is 13.6 Å². The molecule has 0 saturated heterocycles. The molecule has 0 radical (unpaired) electrons. The van der Waals surface area contributed by atoms with Gasteiger partial charge in [0, 0.05) is 6.07 Å². The predicted molar refractivity (Wildman–Crippen MR) is 62.3 cm³/mol. The van der Waals surface area contributed by atoms with E-state index in [1.54, 1.807) is 6.07 Å². The van der Waals surface area contributed by atoms with Crippen molar-refractivity contribution in [3.8, 4) is 6.07 Å². The number of aromatic amines is 1. The lowest BCUT2D eigenvalue weighted by molar-refractivity contribution is 0.262. The Morgan fingerprint density at radius 3 is 2.84 bits per heavy atom. The highest BCUT2D eigenvalue weighted by Gasteiger charge is 2.11. The molecule has 0 fully saturated rings. The zero-order chi connectivity index (χ0) is 13.8. The second-order valence-electron chi connectivity index (χ2n) is 3.47. The summed E-state index contributed by atoms with van der Waals surface area (Å²) in [5.74, 6) is -1.56. The molecular formula is C11H7F2N5O. The summed E-state index contributed by atoms with van der Waals surface area (Å²) < 4.78 is 26.0. The molecule has 1 aromatic carbocycles. The summed E-state index contributed by atoms with van der Waals surface area (Å²) in [6.07, 6.45) is 1.23. The molecule has 0 unspecified atom stereocenters. The summed E-state index contributed by atoms with van der Waals surface area (Å²) in [6.45, 7) is 0. The van der Waals surface area contributed by atoms with Gasteiger partial charge in [0.1, 0.15) is 29.1 Å². The topological polar surface area (TPSA) is 93.6 Å². The van der Waals surface area contributed by atoms with Gasteiger partial charge in [-0.25, -0.2) is 13.6 Å². The number of H-pyrrole nitrogens is 1. The lowest BCUT2D eigenvalue weighted by Crippen LogP contribution is -2.20. The molecule has 96 valence electrons. The number of hydrogen-bond acceptors (Lipinski definition) is 3. The van der Waals surface area contributed by atoms with Gasteiger partial charge in [-0.2, -0.15) is 10.4 Å². The number of rotatable bonds is 2. The predicted octanol–water partition coefficient (Wildman–Crippen LogP) is 2.20. The van der Waals surface area contributed by atoms with Gasteiger partial charge in [-0.15, -0.1) is 0 Å². The summed E-state index contributed by atoms with van der Waals surface area (Å²) in [4.78, 5) is 11.5. The Labute approximate surface area is 106 Å². The maximum absolute atomic E-state index is 13.3. The number of benzene rings is 1. The molecule has 1 aromatic heterocycles. The molecule has 3 N–H and O–H groups in total. The van der Waals surface area contributed by atoms with Crippen molar-refractivity contribution in [2.24, 2.45) is 0 Å². The van der Waals surface area contributed by atoms with E-state index in [1.807, 2.05) is 0 Å². The van der Waals surface area contributed by atoms with Crippen LogP contribution in [-0.4, -0.2) is 16.2 Å². The number of urea groups is 1. The van der Waals surface area contributed by atoms with Crippen molar-refractivity contribution in [1.82, 2.24) is 10.2 Å². The molecule has 2 amide bonds. The van der Waals surface area contributed by atoms with Gasteiger partial charge >= 0.3 is 6.03 Å². The number of nitrogens with one attached hydrogen (secondary N) is 3. The zero-order valence-corrected chi connectivity index (χ0v) is 9.37. The van der Waals surface area contributed by atoms with E-state index in [4.69, 9.17) is 5.26 Å². The Balaban J connectivity index is 2.08. The van der Waals surface area contributed by atoms with Gasteiger partial charge in [0.25, 0.3) is 0 Å². The first-order valence-electron chi connectivity index (χ1n) is 5.06. The first-order chi connectivity index (χ1) is 9.10. The normalized spacial score (nSPS) is 9.74. The minimum atomic E-state index is -0.903. The molecule has 0 spiro atoms. The van der Waals surface area contributed by atoms with Gasteiger partial charge in [0.15, 0.2) is 0 Å². The van der Waals surface area contributed by atoms with Gasteiger partial charge in [0.05, 0.1) is 11.9 Å². The molecule has 8 heteroatoms. The third-order valence-electron chi connectivity index (χ3n) is 2.18. The number of halogens is 2. The van der Waals surface area contributed by atoms with Crippen LogP contribution in [0.5, 0.6) is 0 Å². The Bertz CT molecular complexity index is 661. The fourth-order valence-corrected chi connectivity index (χ4v) is 1.32. The van der Waals surface area contributed by atoms with E-state index in [0.717, 1.165) is 12.1 Å². The fraction of sp³-hybridized carbons (Fsp3) is 0. The maximum atomic E-state index is 13.3. The average Bonchev–Trinajstić information content (AvgIpc) is 2.80. The van der Waals surface area contributed by atoms with Crippen LogP contribution in [0.3, 0.4) is 0 Å². The van der Waals surface area contributed by atoms with Crippen LogP contribution in [0.25, 0.3) is 0 Å². The van der Waals surface area contributed by atoms with E-state index in [2.05, 4.69) is 20.8 Å². The second kappa shape index (κ2) is 5.14. The SMILES string of the molecule is N#Cc1cn[nH]c1NC(=O)Nc1ccc(F)cc1F. The van der Waals surface area contributed by atoms with Gasteiger partial charge in [-0.1, -0.05) is 0 Å². The number of carbonyl (C=O) groups is 1. The monoisotopic (exact) mass is 263 g/mol. The van der Waals surface area contributed by atoms with Crippen molar-refractivity contribution in [3.63, 3.8) is 0 Å². The van der Waals surface area contributed by atoms with Crippen LogP contribution in [-0.2, 0) is 0 Å². The number of hydrogen-bond donors (Lipinski definition) is 3. The molecule has 0 aliphatic heterocycles. The van der Waals surface area contributed by atoms with Crippen molar-refractivity contribution in [2.75, 3.05) is 10.6 Å². The lowest BCUT2D eigenvalue weighted by Gasteiger charge is -2.07. The minimum absolute atomic E-state index is 0.0857. The Hall–Kier alpha value is -2.95. The number of nitrogens with zero attached hydrogens (tertiary/aromatic N) is 2. The molecule has 0 atom stereocenters. The van der Waals surface area contributed by atoms with Gasteiger partial charge in [-0.05, 0) is 12.1 Å². The van der Waals surface area contributed by atoms with Crippen LogP contribution in [0.15, 0.2) is 24.4 Å². The number of carbonyl (C=O) groups excluding carboxylic acids is 1. The number of aromatic nitrogens is 2. The van der Waals surface area contributed by atoms with E-state index in [-0.39, 0.29) is 17.1 Å². The van der Waals surface area contributed by atoms with Crippen LogP contribution < -0.4 is 10.6 Å².